The molecule has 86 valence electrons. The Morgan fingerprint density at radius 2 is 2.19 bits per heavy atom. The van der Waals surface area contributed by atoms with Crippen LogP contribution >= 0.6 is 0 Å². The molecular weight excluding hydrogens is 217 g/mol. The quantitative estimate of drug-likeness (QED) is 0.791. The number of ether oxygens (including phenoxy) is 1. The summed E-state index contributed by atoms with van der Waals surface area (Å²) < 4.78 is 17.7. The highest BCUT2D eigenvalue weighted by atomic mass is 19.1. The fourth-order valence-electron chi connectivity index (χ4n) is 1.06. The molecule has 1 rings (SSSR count). The van der Waals surface area contributed by atoms with Gasteiger partial charge < -0.3 is 15.2 Å². The molecule has 5 nitrogen and oxygen atoms in total. The number of benzene rings is 1. The Labute approximate surface area is 90.8 Å². The molecule has 0 radical (unpaired) electrons. The van der Waals surface area contributed by atoms with Crippen LogP contribution in [0.15, 0.2) is 18.2 Å². The topological polar surface area (TPSA) is 75.6 Å². The summed E-state index contributed by atoms with van der Waals surface area (Å²) in [4.78, 5) is 21.6. The molecule has 1 amide bonds. The van der Waals surface area contributed by atoms with Crippen LogP contribution in [0.5, 0.6) is 5.75 Å². The SMILES string of the molecule is COc1cc(C(=O)NCC(=O)O)ccc1F. The second-order valence-corrected chi connectivity index (χ2v) is 2.93. The lowest BCUT2D eigenvalue weighted by atomic mass is 10.2. The fourth-order valence-corrected chi connectivity index (χ4v) is 1.06. The maximum atomic E-state index is 13.0. The van der Waals surface area contributed by atoms with E-state index in [1.165, 1.54) is 19.2 Å². The van der Waals surface area contributed by atoms with Gasteiger partial charge in [0.2, 0.25) is 0 Å². The third kappa shape index (κ3) is 2.94. The first kappa shape index (κ1) is 12.0. The summed E-state index contributed by atoms with van der Waals surface area (Å²) in [6, 6.07) is 3.52. The zero-order chi connectivity index (χ0) is 12.1. The van der Waals surface area contributed by atoms with Crippen LogP contribution in [0.3, 0.4) is 0 Å². The molecule has 1 aromatic rings. The first-order chi connectivity index (χ1) is 7.54. The Morgan fingerprint density at radius 1 is 1.50 bits per heavy atom. The first-order valence-corrected chi connectivity index (χ1v) is 4.38. The molecule has 2 N–H and O–H groups in total. The highest BCUT2D eigenvalue weighted by Crippen LogP contribution is 2.17. The van der Waals surface area contributed by atoms with Crippen LogP contribution in [-0.4, -0.2) is 30.6 Å². The molecule has 16 heavy (non-hydrogen) atoms. The van der Waals surface area contributed by atoms with Gasteiger partial charge in [-0.3, -0.25) is 9.59 Å². The van der Waals surface area contributed by atoms with Crippen LogP contribution < -0.4 is 10.1 Å². The standard InChI is InChI=1S/C10H10FNO4/c1-16-8-4-6(2-3-7(8)11)10(15)12-5-9(13)14/h2-4H,5H2,1H3,(H,12,15)(H,13,14). The van der Waals surface area contributed by atoms with Gasteiger partial charge in [-0.15, -0.1) is 0 Å². The fraction of sp³-hybridized carbons (Fsp3) is 0.200. The minimum atomic E-state index is -1.15. The number of carboxylic acids is 1. The third-order valence-electron chi connectivity index (χ3n) is 1.81. The summed E-state index contributed by atoms with van der Waals surface area (Å²) in [7, 11) is 1.28. The first-order valence-electron chi connectivity index (χ1n) is 4.38. The van der Waals surface area contributed by atoms with Crippen LogP contribution in [0.25, 0.3) is 0 Å². The van der Waals surface area contributed by atoms with Gasteiger partial charge in [-0.05, 0) is 18.2 Å². The second-order valence-electron chi connectivity index (χ2n) is 2.93. The van der Waals surface area contributed by atoms with Crippen molar-refractivity contribution >= 4 is 11.9 Å². The Hall–Kier alpha value is -2.11. The van der Waals surface area contributed by atoms with E-state index < -0.39 is 24.2 Å². The Kier molecular flexibility index (Phi) is 3.82. The molecule has 0 aromatic heterocycles. The summed E-state index contributed by atoms with van der Waals surface area (Å²) in [6.45, 7) is -0.488. The summed E-state index contributed by atoms with van der Waals surface area (Å²) in [5.74, 6) is -2.40. The van der Waals surface area contributed by atoms with Crippen molar-refractivity contribution in [3.05, 3.63) is 29.6 Å². The molecule has 0 fully saturated rings. The van der Waals surface area contributed by atoms with Gasteiger partial charge in [0.1, 0.15) is 6.54 Å². The van der Waals surface area contributed by atoms with Gasteiger partial charge in [0, 0.05) is 5.56 Å². The number of carbonyl (C=O) groups excluding carboxylic acids is 1. The van der Waals surface area contributed by atoms with E-state index in [9.17, 15) is 14.0 Å². The summed E-state index contributed by atoms with van der Waals surface area (Å²) >= 11 is 0. The number of hydrogen-bond donors (Lipinski definition) is 2. The number of methoxy groups -OCH3 is 1. The maximum absolute atomic E-state index is 13.0. The molecule has 0 atom stereocenters. The lowest BCUT2D eigenvalue weighted by molar-refractivity contribution is -0.135. The van der Waals surface area contributed by atoms with Crippen molar-refractivity contribution in [1.29, 1.82) is 0 Å². The predicted octanol–water partition coefficient (Wildman–Crippen LogP) is 0.649. The molecule has 0 saturated heterocycles. The van der Waals surface area contributed by atoms with Gasteiger partial charge in [-0.25, -0.2) is 4.39 Å². The number of aliphatic carboxylic acids is 1. The van der Waals surface area contributed by atoms with Gasteiger partial charge in [0.25, 0.3) is 5.91 Å². The van der Waals surface area contributed by atoms with E-state index in [0.717, 1.165) is 6.07 Å². The van der Waals surface area contributed by atoms with Crippen molar-refractivity contribution in [1.82, 2.24) is 5.32 Å². The average Bonchev–Trinajstić information content (AvgIpc) is 2.26. The van der Waals surface area contributed by atoms with Gasteiger partial charge in [-0.1, -0.05) is 0 Å². The molecule has 0 aliphatic carbocycles. The highest BCUT2D eigenvalue weighted by Gasteiger charge is 2.10. The molecule has 0 heterocycles. The van der Waals surface area contributed by atoms with Crippen molar-refractivity contribution in [2.75, 3.05) is 13.7 Å². The number of halogens is 1. The number of amides is 1. The van der Waals surface area contributed by atoms with E-state index in [1.807, 2.05) is 0 Å². The molecule has 0 spiro atoms. The average molecular weight is 227 g/mol. The Balaban J connectivity index is 2.80. The van der Waals surface area contributed by atoms with Crippen molar-refractivity contribution in [2.24, 2.45) is 0 Å². The number of carbonyl (C=O) groups is 2. The summed E-state index contributed by atoms with van der Waals surface area (Å²) in [6.07, 6.45) is 0. The van der Waals surface area contributed by atoms with Gasteiger partial charge in [0.05, 0.1) is 7.11 Å². The minimum Gasteiger partial charge on any atom is -0.494 e. The molecule has 0 aliphatic heterocycles. The normalized spacial score (nSPS) is 9.62. The van der Waals surface area contributed by atoms with E-state index in [2.05, 4.69) is 5.32 Å². The summed E-state index contributed by atoms with van der Waals surface area (Å²) in [5.41, 5.74) is 0.138. The smallest absolute Gasteiger partial charge is 0.322 e. The van der Waals surface area contributed by atoms with E-state index in [1.54, 1.807) is 0 Å². The molecular formula is C10H10FNO4. The number of rotatable bonds is 4. The van der Waals surface area contributed by atoms with E-state index >= 15 is 0 Å². The lowest BCUT2D eigenvalue weighted by Crippen LogP contribution is -2.29. The second kappa shape index (κ2) is 5.11. The predicted molar refractivity (Wildman–Crippen MR) is 52.9 cm³/mol. The largest absolute Gasteiger partial charge is 0.494 e. The van der Waals surface area contributed by atoms with Crippen molar-refractivity contribution in [3.63, 3.8) is 0 Å². The van der Waals surface area contributed by atoms with Crippen molar-refractivity contribution in [2.45, 2.75) is 0 Å². The molecule has 1 aromatic carbocycles. The van der Waals surface area contributed by atoms with Crippen molar-refractivity contribution < 1.29 is 23.8 Å². The minimum absolute atomic E-state index is 0.0667. The monoisotopic (exact) mass is 227 g/mol. The Bertz CT molecular complexity index is 419. The van der Waals surface area contributed by atoms with E-state index in [4.69, 9.17) is 9.84 Å². The molecule has 0 aliphatic rings. The van der Waals surface area contributed by atoms with Crippen LogP contribution in [0.4, 0.5) is 4.39 Å². The Morgan fingerprint density at radius 3 is 2.75 bits per heavy atom. The van der Waals surface area contributed by atoms with Crippen LogP contribution in [0.2, 0.25) is 0 Å². The third-order valence-corrected chi connectivity index (χ3v) is 1.81. The van der Waals surface area contributed by atoms with Gasteiger partial charge >= 0.3 is 5.97 Å². The number of hydrogen-bond acceptors (Lipinski definition) is 3. The zero-order valence-corrected chi connectivity index (χ0v) is 8.49. The van der Waals surface area contributed by atoms with Crippen LogP contribution in [-0.2, 0) is 4.79 Å². The summed E-state index contributed by atoms with van der Waals surface area (Å²) in [5, 5.41) is 10.5. The molecule has 0 bridgehead atoms. The number of nitrogens with one attached hydrogen (secondary N) is 1. The maximum Gasteiger partial charge on any atom is 0.322 e. The van der Waals surface area contributed by atoms with Crippen LogP contribution in [0, 0.1) is 5.82 Å². The number of carboxylic acid groups (broad SMARTS) is 1. The van der Waals surface area contributed by atoms with Crippen LogP contribution in [0.1, 0.15) is 10.4 Å². The van der Waals surface area contributed by atoms with E-state index in [0.29, 0.717) is 0 Å². The van der Waals surface area contributed by atoms with E-state index in [-0.39, 0.29) is 11.3 Å². The van der Waals surface area contributed by atoms with Crippen molar-refractivity contribution in [3.8, 4) is 5.75 Å². The molecule has 0 unspecified atom stereocenters. The molecule has 6 heteroatoms. The highest BCUT2D eigenvalue weighted by molar-refractivity contribution is 5.96. The lowest BCUT2D eigenvalue weighted by Gasteiger charge is -2.05. The zero-order valence-electron chi connectivity index (χ0n) is 8.49. The van der Waals surface area contributed by atoms with Gasteiger partial charge in [-0.2, -0.15) is 0 Å². The molecule has 0 saturated carbocycles. The van der Waals surface area contributed by atoms with Gasteiger partial charge in [0.15, 0.2) is 11.6 Å².